The summed E-state index contributed by atoms with van der Waals surface area (Å²) in [5, 5.41) is 8.95. The van der Waals surface area contributed by atoms with E-state index in [0.29, 0.717) is 12.8 Å². The molecule has 1 aromatic carbocycles. The molecular weight excluding hydrogens is 386 g/mol. The largest absolute Gasteiger partial charge is 0.355 e. The van der Waals surface area contributed by atoms with Gasteiger partial charge in [-0.15, -0.1) is 0 Å². The van der Waals surface area contributed by atoms with Crippen molar-refractivity contribution in [3.05, 3.63) is 52.3 Å². The van der Waals surface area contributed by atoms with Crippen LogP contribution in [0.1, 0.15) is 47.3 Å². The molecule has 6 nitrogen and oxygen atoms in total. The molecule has 0 aliphatic carbocycles. The zero-order valence-electron chi connectivity index (χ0n) is 19.2. The van der Waals surface area contributed by atoms with Crippen LogP contribution < -0.4 is 5.32 Å². The van der Waals surface area contributed by atoms with E-state index in [1.807, 2.05) is 18.5 Å². The third kappa shape index (κ3) is 4.64. The normalized spacial score (nSPS) is 14.5. The van der Waals surface area contributed by atoms with Crippen molar-refractivity contribution in [2.75, 3.05) is 26.2 Å². The highest BCUT2D eigenvalue weighted by molar-refractivity contribution is 5.85. The summed E-state index contributed by atoms with van der Waals surface area (Å²) < 4.78 is 1.93. The molecule has 0 unspecified atom stereocenters. The molecule has 0 radical (unpaired) electrons. The van der Waals surface area contributed by atoms with Gasteiger partial charge < -0.3 is 10.2 Å². The van der Waals surface area contributed by atoms with Crippen molar-refractivity contribution in [2.45, 2.75) is 53.4 Å². The summed E-state index contributed by atoms with van der Waals surface area (Å²) in [4.78, 5) is 19.7. The smallest absolute Gasteiger partial charge is 0.220 e. The highest BCUT2D eigenvalue weighted by Crippen LogP contribution is 2.28. The molecule has 1 saturated heterocycles. The average molecular weight is 420 g/mol. The molecule has 4 rings (SSSR count). The van der Waals surface area contributed by atoms with Crippen LogP contribution in [0, 0.1) is 27.7 Å². The Morgan fingerprint density at radius 1 is 1.03 bits per heavy atom. The first-order chi connectivity index (χ1) is 14.9. The first kappa shape index (κ1) is 21.5. The van der Waals surface area contributed by atoms with Crippen molar-refractivity contribution in [1.29, 1.82) is 0 Å². The van der Waals surface area contributed by atoms with Crippen LogP contribution in [0.3, 0.4) is 0 Å². The average Bonchev–Trinajstić information content (AvgIpc) is 3.36. The number of likely N-dealkylation sites (tertiary alicyclic amines) is 1. The van der Waals surface area contributed by atoms with Gasteiger partial charge in [-0.3, -0.25) is 4.79 Å². The van der Waals surface area contributed by atoms with Crippen LogP contribution in [0.25, 0.3) is 16.7 Å². The van der Waals surface area contributed by atoms with Crippen molar-refractivity contribution in [3.8, 4) is 5.69 Å². The summed E-state index contributed by atoms with van der Waals surface area (Å²) in [6.45, 7) is 12.3. The van der Waals surface area contributed by atoms with E-state index in [-0.39, 0.29) is 5.91 Å². The van der Waals surface area contributed by atoms with Gasteiger partial charge in [0.1, 0.15) is 0 Å². The van der Waals surface area contributed by atoms with Crippen LogP contribution in [0.5, 0.6) is 0 Å². The second kappa shape index (κ2) is 9.18. The number of fused-ring (bicyclic) bond motifs is 1. The van der Waals surface area contributed by atoms with Gasteiger partial charge in [0.25, 0.3) is 0 Å². The van der Waals surface area contributed by atoms with Crippen LogP contribution >= 0.6 is 0 Å². The van der Waals surface area contributed by atoms with E-state index in [1.165, 1.54) is 24.0 Å². The van der Waals surface area contributed by atoms with Crippen LogP contribution in [0.2, 0.25) is 0 Å². The van der Waals surface area contributed by atoms with Crippen molar-refractivity contribution in [3.63, 3.8) is 0 Å². The Kier molecular flexibility index (Phi) is 6.37. The number of nitrogens with one attached hydrogen (secondary N) is 1. The Hall–Kier alpha value is -2.73. The van der Waals surface area contributed by atoms with E-state index in [1.54, 1.807) is 0 Å². The van der Waals surface area contributed by atoms with E-state index >= 15 is 0 Å². The molecule has 0 saturated carbocycles. The lowest BCUT2D eigenvalue weighted by molar-refractivity contribution is -0.121. The number of aryl methyl sites for hydroxylation is 4. The molecule has 3 aromatic rings. The van der Waals surface area contributed by atoms with E-state index in [0.717, 1.165) is 59.9 Å². The Balaban J connectivity index is 1.49. The van der Waals surface area contributed by atoms with Crippen LogP contribution in [-0.4, -0.2) is 51.8 Å². The van der Waals surface area contributed by atoms with Crippen molar-refractivity contribution >= 4 is 16.9 Å². The van der Waals surface area contributed by atoms with Gasteiger partial charge in [0.05, 0.1) is 11.4 Å². The van der Waals surface area contributed by atoms with Crippen LogP contribution in [-0.2, 0) is 11.2 Å². The lowest BCUT2D eigenvalue weighted by Crippen LogP contribution is -2.33. The second-order valence-electron chi connectivity index (χ2n) is 8.73. The number of benzene rings is 1. The minimum absolute atomic E-state index is 0.116. The molecule has 1 aliphatic rings. The maximum Gasteiger partial charge on any atom is 0.220 e. The van der Waals surface area contributed by atoms with Crippen molar-refractivity contribution < 1.29 is 4.79 Å². The Morgan fingerprint density at radius 2 is 1.74 bits per heavy atom. The number of carbonyl (C=O) groups excluding carboxylic acids is 1. The number of hydrogen-bond donors (Lipinski definition) is 1. The molecular formula is C25H33N5O. The molecule has 0 bridgehead atoms. The molecule has 1 N–H and O–H groups in total. The monoisotopic (exact) mass is 419 g/mol. The highest BCUT2D eigenvalue weighted by Gasteiger charge is 2.18. The summed E-state index contributed by atoms with van der Waals surface area (Å²) in [6.07, 6.45) is 3.75. The van der Waals surface area contributed by atoms with E-state index in [2.05, 4.69) is 48.3 Å². The molecule has 1 aliphatic heterocycles. The quantitative estimate of drug-likeness (QED) is 0.633. The fraction of sp³-hybridized carbons (Fsp3) is 0.480. The standard InChI is InChI=1S/C25H33N5O/c1-17-7-9-21(10-8-17)30-25-24(20(4)28-30)18(2)22(19(3)27-25)11-12-23(31)26-13-16-29-14-5-6-15-29/h7-10H,5-6,11-16H2,1-4H3,(H,26,31). The molecule has 6 heteroatoms. The maximum atomic E-state index is 12.4. The van der Waals surface area contributed by atoms with E-state index in [9.17, 15) is 4.79 Å². The summed E-state index contributed by atoms with van der Waals surface area (Å²) in [5.74, 6) is 0.116. The van der Waals surface area contributed by atoms with Gasteiger partial charge in [-0.2, -0.15) is 5.10 Å². The number of carbonyl (C=O) groups is 1. The zero-order chi connectivity index (χ0) is 22.0. The topological polar surface area (TPSA) is 63.1 Å². The molecule has 1 fully saturated rings. The molecule has 0 atom stereocenters. The summed E-state index contributed by atoms with van der Waals surface area (Å²) in [6, 6.07) is 8.34. The number of hydrogen-bond acceptors (Lipinski definition) is 4. The predicted octanol–water partition coefficient (Wildman–Crippen LogP) is 3.80. The molecule has 2 aromatic heterocycles. The highest BCUT2D eigenvalue weighted by atomic mass is 16.1. The molecule has 164 valence electrons. The fourth-order valence-corrected chi connectivity index (χ4v) is 4.63. The SMILES string of the molecule is Cc1ccc(-n2nc(C)c3c(C)c(CCC(=O)NCCN4CCCC4)c(C)nc32)cc1. The Morgan fingerprint density at radius 3 is 2.45 bits per heavy atom. The van der Waals surface area contributed by atoms with E-state index < -0.39 is 0 Å². The van der Waals surface area contributed by atoms with Crippen LogP contribution in [0.15, 0.2) is 24.3 Å². The lowest BCUT2D eigenvalue weighted by Gasteiger charge is -2.15. The minimum Gasteiger partial charge on any atom is -0.355 e. The summed E-state index contributed by atoms with van der Waals surface area (Å²) in [7, 11) is 0. The second-order valence-corrected chi connectivity index (χ2v) is 8.73. The van der Waals surface area contributed by atoms with Gasteiger partial charge in [0, 0.05) is 30.6 Å². The van der Waals surface area contributed by atoms with Gasteiger partial charge in [-0.25, -0.2) is 9.67 Å². The first-order valence-corrected chi connectivity index (χ1v) is 11.4. The van der Waals surface area contributed by atoms with Crippen molar-refractivity contribution in [2.24, 2.45) is 0 Å². The Labute approximate surface area is 184 Å². The van der Waals surface area contributed by atoms with Crippen LogP contribution in [0.4, 0.5) is 0 Å². The first-order valence-electron chi connectivity index (χ1n) is 11.4. The van der Waals surface area contributed by atoms with Gasteiger partial charge in [-0.1, -0.05) is 17.7 Å². The minimum atomic E-state index is 0.116. The van der Waals surface area contributed by atoms with Gasteiger partial charge in [-0.05, 0) is 83.3 Å². The van der Waals surface area contributed by atoms with Gasteiger partial charge in [0.2, 0.25) is 5.91 Å². The molecule has 0 spiro atoms. The summed E-state index contributed by atoms with van der Waals surface area (Å²) in [5.41, 5.74) is 7.41. The molecule has 31 heavy (non-hydrogen) atoms. The zero-order valence-corrected chi connectivity index (χ0v) is 19.2. The number of rotatable bonds is 7. The predicted molar refractivity (Wildman–Crippen MR) is 125 cm³/mol. The van der Waals surface area contributed by atoms with E-state index in [4.69, 9.17) is 10.1 Å². The van der Waals surface area contributed by atoms with Gasteiger partial charge >= 0.3 is 0 Å². The molecule has 3 heterocycles. The molecule has 1 amide bonds. The lowest BCUT2D eigenvalue weighted by atomic mass is 9.99. The third-order valence-electron chi connectivity index (χ3n) is 6.40. The maximum absolute atomic E-state index is 12.4. The number of aromatic nitrogens is 3. The Bertz CT molecular complexity index is 1080. The summed E-state index contributed by atoms with van der Waals surface area (Å²) >= 11 is 0. The third-order valence-corrected chi connectivity index (χ3v) is 6.40. The number of pyridine rings is 1. The number of nitrogens with zero attached hydrogens (tertiary/aromatic N) is 4. The van der Waals surface area contributed by atoms with Crippen molar-refractivity contribution in [1.82, 2.24) is 25.0 Å². The van der Waals surface area contributed by atoms with Gasteiger partial charge in [0.15, 0.2) is 5.65 Å². The number of amides is 1. The fourth-order valence-electron chi connectivity index (χ4n) is 4.63.